The second-order valence-electron chi connectivity index (χ2n) is 6.63. The number of aryl methyl sites for hydroxylation is 1. The highest BCUT2D eigenvalue weighted by Gasteiger charge is 2.39. The maximum Gasteiger partial charge on any atom is 0.153 e. The van der Waals surface area contributed by atoms with Gasteiger partial charge in [0.1, 0.15) is 0 Å². The van der Waals surface area contributed by atoms with Gasteiger partial charge in [-0.25, -0.2) is 0 Å². The van der Waals surface area contributed by atoms with Gasteiger partial charge in [0.25, 0.3) is 0 Å². The lowest BCUT2D eigenvalue weighted by Crippen LogP contribution is -2.44. The van der Waals surface area contributed by atoms with Gasteiger partial charge in [-0.05, 0) is 37.5 Å². The Morgan fingerprint density at radius 2 is 1.84 bits per heavy atom. The fourth-order valence-corrected chi connectivity index (χ4v) is 4.33. The van der Waals surface area contributed by atoms with Crippen LogP contribution in [0.2, 0.25) is 0 Å². The third kappa shape index (κ3) is 1.97. The Bertz CT molecular complexity index is 453. The van der Waals surface area contributed by atoms with Crippen molar-refractivity contribution in [3.63, 3.8) is 0 Å². The first-order chi connectivity index (χ1) is 9.36. The fraction of sp³-hybridized carbons (Fsp3) is 0.800. The first-order valence-electron chi connectivity index (χ1n) is 7.88. The van der Waals surface area contributed by atoms with Gasteiger partial charge in [0.05, 0.1) is 0 Å². The SMILES string of the molecule is C1CCC2(C1)CCc1[nH]nc(N3CCNCC3)c1C2. The lowest BCUT2D eigenvalue weighted by atomic mass is 9.72. The van der Waals surface area contributed by atoms with Crippen molar-refractivity contribution in [3.05, 3.63) is 11.3 Å². The van der Waals surface area contributed by atoms with Gasteiger partial charge in [0, 0.05) is 37.4 Å². The summed E-state index contributed by atoms with van der Waals surface area (Å²) in [6, 6.07) is 0. The van der Waals surface area contributed by atoms with Crippen LogP contribution in [0.5, 0.6) is 0 Å². The van der Waals surface area contributed by atoms with Gasteiger partial charge >= 0.3 is 0 Å². The lowest BCUT2D eigenvalue weighted by molar-refractivity contribution is 0.254. The molecule has 1 aromatic heterocycles. The molecule has 4 rings (SSSR count). The maximum absolute atomic E-state index is 4.65. The molecule has 1 spiro atoms. The molecule has 2 fully saturated rings. The van der Waals surface area contributed by atoms with E-state index in [-0.39, 0.29) is 0 Å². The largest absolute Gasteiger partial charge is 0.352 e. The quantitative estimate of drug-likeness (QED) is 0.810. The Kier molecular flexibility index (Phi) is 2.79. The molecule has 2 aliphatic carbocycles. The normalized spacial score (nSPS) is 25.8. The van der Waals surface area contributed by atoms with Crippen LogP contribution in [0.4, 0.5) is 5.82 Å². The number of hydrogen-bond donors (Lipinski definition) is 2. The maximum atomic E-state index is 4.65. The molecular formula is C15H24N4. The first kappa shape index (κ1) is 11.8. The van der Waals surface area contributed by atoms with Crippen LogP contribution in [-0.4, -0.2) is 36.4 Å². The second-order valence-corrected chi connectivity index (χ2v) is 6.63. The highest BCUT2D eigenvalue weighted by molar-refractivity contribution is 5.51. The summed E-state index contributed by atoms with van der Waals surface area (Å²) in [5, 5.41) is 11.4. The average molecular weight is 260 g/mol. The van der Waals surface area contributed by atoms with Crippen molar-refractivity contribution in [2.45, 2.75) is 44.9 Å². The third-order valence-electron chi connectivity index (χ3n) is 5.47. The topological polar surface area (TPSA) is 44.0 Å². The minimum Gasteiger partial charge on any atom is -0.352 e. The molecular weight excluding hydrogens is 236 g/mol. The number of hydrogen-bond acceptors (Lipinski definition) is 3. The van der Waals surface area contributed by atoms with Gasteiger partial charge in [-0.2, -0.15) is 5.10 Å². The minimum absolute atomic E-state index is 0.625. The number of aromatic nitrogens is 2. The van der Waals surface area contributed by atoms with Gasteiger partial charge < -0.3 is 10.2 Å². The van der Waals surface area contributed by atoms with Crippen LogP contribution in [-0.2, 0) is 12.8 Å². The van der Waals surface area contributed by atoms with E-state index in [4.69, 9.17) is 0 Å². The van der Waals surface area contributed by atoms with E-state index < -0.39 is 0 Å². The van der Waals surface area contributed by atoms with Crippen molar-refractivity contribution in [3.8, 4) is 0 Å². The molecule has 0 amide bonds. The summed E-state index contributed by atoms with van der Waals surface area (Å²) in [6.07, 6.45) is 9.64. The molecule has 0 bridgehead atoms. The summed E-state index contributed by atoms with van der Waals surface area (Å²) in [5.41, 5.74) is 3.60. The van der Waals surface area contributed by atoms with Crippen molar-refractivity contribution < 1.29 is 0 Å². The summed E-state index contributed by atoms with van der Waals surface area (Å²) in [4.78, 5) is 2.47. The van der Waals surface area contributed by atoms with Gasteiger partial charge in [-0.3, -0.25) is 5.10 Å². The van der Waals surface area contributed by atoms with Gasteiger partial charge in [0.2, 0.25) is 0 Å². The molecule has 1 aromatic rings. The molecule has 0 radical (unpaired) electrons. The molecule has 1 aliphatic heterocycles. The van der Waals surface area contributed by atoms with E-state index in [0.29, 0.717) is 5.41 Å². The van der Waals surface area contributed by atoms with Gasteiger partial charge in [-0.1, -0.05) is 12.8 Å². The Morgan fingerprint density at radius 3 is 2.63 bits per heavy atom. The van der Waals surface area contributed by atoms with E-state index in [1.807, 2.05) is 0 Å². The first-order valence-corrected chi connectivity index (χ1v) is 7.88. The number of anilines is 1. The monoisotopic (exact) mass is 260 g/mol. The predicted octanol–water partition coefficient (Wildman–Crippen LogP) is 1.87. The van der Waals surface area contributed by atoms with E-state index in [1.54, 1.807) is 5.56 Å². The molecule has 19 heavy (non-hydrogen) atoms. The highest BCUT2D eigenvalue weighted by Crippen LogP contribution is 2.48. The predicted molar refractivity (Wildman–Crippen MR) is 76.6 cm³/mol. The van der Waals surface area contributed by atoms with Gasteiger partial charge in [0.15, 0.2) is 5.82 Å². The number of aromatic amines is 1. The van der Waals surface area contributed by atoms with Crippen LogP contribution in [0.1, 0.15) is 43.4 Å². The minimum atomic E-state index is 0.625. The summed E-state index contributed by atoms with van der Waals surface area (Å²) < 4.78 is 0. The molecule has 1 saturated carbocycles. The molecule has 0 atom stereocenters. The summed E-state index contributed by atoms with van der Waals surface area (Å²) in [7, 11) is 0. The van der Waals surface area contributed by atoms with Crippen LogP contribution in [0.3, 0.4) is 0 Å². The molecule has 0 aromatic carbocycles. The summed E-state index contributed by atoms with van der Waals surface area (Å²) in [5.74, 6) is 1.27. The van der Waals surface area contributed by atoms with E-state index in [0.717, 1.165) is 26.2 Å². The molecule has 2 heterocycles. The van der Waals surface area contributed by atoms with Crippen LogP contribution < -0.4 is 10.2 Å². The van der Waals surface area contributed by atoms with Crippen LogP contribution in [0, 0.1) is 5.41 Å². The number of piperazine rings is 1. The molecule has 4 nitrogen and oxygen atoms in total. The van der Waals surface area contributed by atoms with Crippen LogP contribution >= 0.6 is 0 Å². The zero-order chi connectivity index (χ0) is 12.7. The van der Waals surface area contributed by atoms with Gasteiger partial charge in [-0.15, -0.1) is 0 Å². The van der Waals surface area contributed by atoms with Crippen molar-refractivity contribution in [2.24, 2.45) is 5.41 Å². The van der Waals surface area contributed by atoms with Crippen molar-refractivity contribution in [2.75, 3.05) is 31.1 Å². The smallest absolute Gasteiger partial charge is 0.153 e. The average Bonchev–Trinajstić information content (AvgIpc) is 3.07. The molecule has 4 heteroatoms. The van der Waals surface area contributed by atoms with Crippen LogP contribution in [0.15, 0.2) is 0 Å². The highest BCUT2D eigenvalue weighted by atomic mass is 15.3. The van der Waals surface area contributed by atoms with E-state index in [1.165, 1.54) is 56.5 Å². The second kappa shape index (κ2) is 4.51. The Balaban J connectivity index is 1.63. The van der Waals surface area contributed by atoms with E-state index in [9.17, 15) is 0 Å². The zero-order valence-corrected chi connectivity index (χ0v) is 11.7. The van der Waals surface area contributed by atoms with Crippen LogP contribution in [0.25, 0.3) is 0 Å². The van der Waals surface area contributed by atoms with E-state index >= 15 is 0 Å². The molecule has 0 unspecified atom stereocenters. The number of nitrogens with zero attached hydrogens (tertiary/aromatic N) is 2. The van der Waals surface area contributed by atoms with E-state index in [2.05, 4.69) is 20.4 Å². The molecule has 2 N–H and O–H groups in total. The summed E-state index contributed by atoms with van der Waals surface area (Å²) >= 11 is 0. The standard InChI is InChI=1S/C15H24N4/c1-2-5-15(4-1)6-3-13-12(11-15)14(18-17-13)19-9-7-16-8-10-19/h16H,1-11H2,(H,17,18). The van der Waals surface area contributed by atoms with Crippen molar-refractivity contribution in [1.82, 2.24) is 15.5 Å². The number of rotatable bonds is 1. The third-order valence-corrected chi connectivity index (χ3v) is 5.47. The lowest BCUT2D eigenvalue weighted by Gasteiger charge is -2.35. The molecule has 3 aliphatic rings. The fourth-order valence-electron chi connectivity index (χ4n) is 4.33. The number of nitrogens with one attached hydrogen (secondary N) is 2. The van der Waals surface area contributed by atoms with Crippen molar-refractivity contribution in [1.29, 1.82) is 0 Å². The number of H-pyrrole nitrogens is 1. The Hall–Kier alpha value is -1.03. The number of fused-ring (bicyclic) bond motifs is 1. The van der Waals surface area contributed by atoms with Crippen molar-refractivity contribution >= 4 is 5.82 Å². The zero-order valence-electron chi connectivity index (χ0n) is 11.7. The Labute approximate surface area is 115 Å². The summed E-state index contributed by atoms with van der Waals surface area (Å²) in [6.45, 7) is 4.38. The molecule has 104 valence electrons. The Morgan fingerprint density at radius 1 is 1.05 bits per heavy atom. The molecule has 1 saturated heterocycles.